The Morgan fingerprint density at radius 3 is 3.00 bits per heavy atom. The van der Waals surface area contributed by atoms with E-state index < -0.39 is 0 Å². The van der Waals surface area contributed by atoms with Crippen molar-refractivity contribution in [2.75, 3.05) is 0 Å². The second kappa shape index (κ2) is 4.26. The molecular weight excluding hydrogens is 279 g/mol. The summed E-state index contributed by atoms with van der Waals surface area (Å²) >= 11 is 4.84. The first kappa shape index (κ1) is 11.1. The number of fused-ring (bicyclic) bond motifs is 1. The number of carbonyl (C=O) groups is 1. The first-order chi connectivity index (χ1) is 7.08. The van der Waals surface area contributed by atoms with Gasteiger partial charge in [0.05, 0.1) is 0 Å². The summed E-state index contributed by atoms with van der Waals surface area (Å²) in [4.78, 5) is 11.8. The van der Waals surface area contributed by atoms with E-state index in [4.69, 9.17) is 0 Å². The number of ketones is 1. The van der Waals surface area contributed by atoms with Crippen LogP contribution in [0.1, 0.15) is 29.3 Å². The summed E-state index contributed by atoms with van der Waals surface area (Å²) in [5.41, 5.74) is 1.09. The monoisotopic (exact) mass is 288 g/mol. The third-order valence-corrected chi connectivity index (χ3v) is 4.09. The minimum Gasteiger partial charge on any atom is -0.294 e. The first-order valence-corrected chi connectivity index (χ1v) is 6.55. The van der Waals surface area contributed by atoms with Crippen LogP contribution in [-0.2, 0) is 5.75 Å². The van der Waals surface area contributed by atoms with Crippen LogP contribution in [0.2, 0.25) is 0 Å². The predicted molar refractivity (Wildman–Crippen MR) is 63.8 cm³/mol. The van der Waals surface area contributed by atoms with Gasteiger partial charge in [-0.05, 0) is 12.1 Å². The van der Waals surface area contributed by atoms with Gasteiger partial charge >= 0.3 is 0 Å². The summed E-state index contributed by atoms with van der Waals surface area (Å²) in [7, 11) is 0. The Morgan fingerprint density at radius 1 is 1.53 bits per heavy atom. The van der Waals surface area contributed by atoms with Gasteiger partial charge in [-0.1, -0.05) is 22.9 Å². The van der Waals surface area contributed by atoms with Crippen LogP contribution >= 0.6 is 27.7 Å². The summed E-state index contributed by atoms with van der Waals surface area (Å²) in [5, 5.41) is 0.267. The lowest BCUT2D eigenvalue weighted by atomic mass is 10.0. The maximum absolute atomic E-state index is 13.6. The molecule has 1 heterocycles. The molecule has 0 bridgehead atoms. The Bertz CT molecular complexity index is 419. The number of hydrogen-bond donors (Lipinski definition) is 0. The van der Waals surface area contributed by atoms with Crippen molar-refractivity contribution in [1.82, 2.24) is 0 Å². The Hall–Kier alpha value is -0.350. The lowest BCUT2D eigenvalue weighted by Gasteiger charge is -2.05. The zero-order valence-electron chi connectivity index (χ0n) is 8.22. The van der Waals surface area contributed by atoms with Crippen molar-refractivity contribution < 1.29 is 9.18 Å². The Labute approximate surface area is 101 Å². The number of carbonyl (C=O) groups excluding carboxylic acids is 1. The van der Waals surface area contributed by atoms with Crippen LogP contribution < -0.4 is 0 Å². The Kier molecular flexibility index (Phi) is 3.16. The predicted octanol–water partition coefficient (Wildman–Crippen LogP) is 3.80. The summed E-state index contributed by atoms with van der Waals surface area (Å²) < 4.78 is 14.2. The molecule has 0 amide bonds. The number of rotatable bonds is 0. The zero-order chi connectivity index (χ0) is 11.0. The van der Waals surface area contributed by atoms with Crippen LogP contribution in [0.4, 0.5) is 4.39 Å². The van der Waals surface area contributed by atoms with Gasteiger partial charge in [0.1, 0.15) is 5.82 Å². The van der Waals surface area contributed by atoms with E-state index in [1.54, 1.807) is 17.8 Å². The SMILES string of the molecule is CC1CC(=O)c2cc(Br)cc(F)c2CS1. The van der Waals surface area contributed by atoms with Crippen LogP contribution in [0.3, 0.4) is 0 Å². The highest BCUT2D eigenvalue weighted by atomic mass is 79.9. The summed E-state index contributed by atoms with van der Waals surface area (Å²) in [6, 6.07) is 3.14. The van der Waals surface area contributed by atoms with Crippen molar-refractivity contribution in [2.45, 2.75) is 24.3 Å². The lowest BCUT2D eigenvalue weighted by molar-refractivity contribution is 0.0983. The average Bonchev–Trinajstić information content (AvgIpc) is 2.27. The molecule has 1 unspecified atom stereocenters. The van der Waals surface area contributed by atoms with E-state index in [0.717, 1.165) is 0 Å². The maximum Gasteiger partial charge on any atom is 0.164 e. The van der Waals surface area contributed by atoms with Gasteiger partial charge < -0.3 is 0 Å². The van der Waals surface area contributed by atoms with Crippen molar-refractivity contribution in [2.24, 2.45) is 0 Å². The summed E-state index contributed by atoms with van der Waals surface area (Å²) in [6.07, 6.45) is 0.494. The molecule has 0 saturated carbocycles. The summed E-state index contributed by atoms with van der Waals surface area (Å²) in [6.45, 7) is 2.00. The van der Waals surface area contributed by atoms with E-state index in [0.29, 0.717) is 27.8 Å². The van der Waals surface area contributed by atoms with E-state index >= 15 is 0 Å². The van der Waals surface area contributed by atoms with E-state index in [1.807, 2.05) is 6.92 Å². The van der Waals surface area contributed by atoms with Gasteiger partial charge in [0.2, 0.25) is 0 Å². The first-order valence-electron chi connectivity index (χ1n) is 4.70. The Morgan fingerprint density at radius 2 is 2.27 bits per heavy atom. The van der Waals surface area contributed by atoms with Gasteiger partial charge in [-0.25, -0.2) is 4.39 Å². The second-order valence-electron chi connectivity index (χ2n) is 3.66. The largest absolute Gasteiger partial charge is 0.294 e. The lowest BCUT2D eigenvalue weighted by Crippen LogP contribution is -2.06. The molecule has 80 valence electrons. The number of Topliss-reactive ketones (excluding diaryl/α,β-unsaturated/α-hetero) is 1. The number of thioether (sulfide) groups is 1. The van der Waals surface area contributed by atoms with Crippen LogP contribution in [0, 0.1) is 5.82 Å². The van der Waals surface area contributed by atoms with Gasteiger partial charge in [-0.15, -0.1) is 0 Å². The van der Waals surface area contributed by atoms with Crippen LogP contribution in [0.15, 0.2) is 16.6 Å². The molecule has 0 radical (unpaired) electrons. The molecular formula is C11H10BrFOS. The fourth-order valence-corrected chi connectivity index (χ4v) is 3.10. The smallest absolute Gasteiger partial charge is 0.164 e. The molecule has 0 saturated heterocycles. The zero-order valence-corrected chi connectivity index (χ0v) is 10.6. The van der Waals surface area contributed by atoms with Gasteiger partial charge in [0.15, 0.2) is 5.78 Å². The molecule has 0 spiro atoms. The molecule has 1 atom stereocenters. The van der Waals surface area contributed by atoms with Crippen molar-refractivity contribution >= 4 is 33.5 Å². The molecule has 15 heavy (non-hydrogen) atoms. The number of halogens is 2. The number of benzene rings is 1. The van der Waals surface area contributed by atoms with E-state index in [2.05, 4.69) is 15.9 Å². The molecule has 4 heteroatoms. The quantitative estimate of drug-likeness (QED) is 0.722. The van der Waals surface area contributed by atoms with Gasteiger partial charge in [0.25, 0.3) is 0 Å². The van der Waals surface area contributed by atoms with E-state index in [1.165, 1.54) is 6.07 Å². The fourth-order valence-electron chi connectivity index (χ4n) is 1.65. The molecule has 1 nitrogen and oxygen atoms in total. The fraction of sp³-hybridized carbons (Fsp3) is 0.364. The summed E-state index contributed by atoms with van der Waals surface area (Å²) in [5.74, 6) is 0.346. The third-order valence-electron chi connectivity index (χ3n) is 2.45. The minimum atomic E-state index is -0.283. The Balaban J connectivity index is 2.53. The van der Waals surface area contributed by atoms with Crippen LogP contribution in [-0.4, -0.2) is 11.0 Å². The number of hydrogen-bond acceptors (Lipinski definition) is 2. The third kappa shape index (κ3) is 2.26. The van der Waals surface area contributed by atoms with Gasteiger partial charge in [-0.3, -0.25) is 4.79 Å². The molecule has 0 aliphatic carbocycles. The molecule has 0 aromatic heterocycles. The molecule has 1 aliphatic heterocycles. The van der Waals surface area contributed by atoms with E-state index in [9.17, 15) is 9.18 Å². The van der Waals surface area contributed by atoms with E-state index in [-0.39, 0.29) is 16.9 Å². The molecule has 0 N–H and O–H groups in total. The van der Waals surface area contributed by atoms with Crippen molar-refractivity contribution in [3.63, 3.8) is 0 Å². The van der Waals surface area contributed by atoms with Crippen LogP contribution in [0.5, 0.6) is 0 Å². The van der Waals surface area contributed by atoms with Crippen LogP contribution in [0.25, 0.3) is 0 Å². The van der Waals surface area contributed by atoms with Gasteiger partial charge in [0, 0.05) is 33.0 Å². The standard InChI is InChI=1S/C11H10BrFOS/c1-6-2-11(14)8-3-7(12)4-10(13)9(8)5-15-6/h3-4,6H,2,5H2,1H3. The maximum atomic E-state index is 13.6. The minimum absolute atomic E-state index is 0.0442. The van der Waals surface area contributed by atoms with Crippen molar-refractivity contribution in [3.05, 3.63) is 33.5 Å². The topological polar surface area (TPSA) is 17.1 Å². The molecule has 1 aromatic carbocycles. The molecule has 2 rings (SSSR count). The highest BCUT2D eigenvalue weighted by molar-refractivity contribution is 9.10. The highest BCUT2D eigenvalue weighted by Crippen LogP contribution is 2.32. The van der Waals surface area contributed by atoms with Crippen molar-refractivity contribution in [1.29, 1.82) is 0 Å². The molecule has 1 aromatic rings. The van der Waals surface area contributed by atoms with Crippen molar-refractivity contribution in [3.8, 4) is 0 Å². The normalized spacial score (nSPS) is 21.0. The molecule has 1 aliphatic rings. The second-order valence-corrected chi connectivity index (χ2v) is 6.01. The average molecular weight is 289 g/mol. The van der Waals surface area contributed by atoms with Gasteiger partial charge in [-0.2, -0.15) is 11.8 Å². The molecule has 0 fully saturated rings. The highest BCUT2D eigenvalue weighted by Gasteiger charge is 2.23.